The zero-order valence-corrected chi connectivity index (χ0v) is 12.1. The van der Waals surface area contributed by atoms with Gasteiger partial charge < -0.3 is 5.32 Å². The van der Waals surface area contributed by atoms with Gasteiger partial charge in [-0.25, -0.2) is 0 Å². The minimum Gasteiger partial charge on any atom is -0.383 e. The third-order valence-corrected chi connectivity index (χ3v) is 3.76. The van der Waals surface area contributed by atoms with E-state index in [-0.39, 0.29) is 11.0 Å². The third kappa shape index (κ3) is 3.89. The van der Waals surface area contributed by atoms with Crippen LogP contribution in [0.3, 0.4) is 0 Å². The minimum atomic E-state index is -4.43. The molecular weight excluding hydrogens is 265 g/mol. The van der Waals surface area contributed by atoms with E-state index in [1.54, 1.807) is 0 Å². The van der Waals surface area contributed by atoms with E-state index < -0.39 is 11.7 Å². The van der Waals surface area contributed by atoms with Gasteiger partial charge in [0.2, 0.25) is 0 Å². The Morgan fingerprint density at radius 3 is 2.30 bits per heavy atom. The molecule has 0 atom stereocenters. The highest BCUT2D eigenvalue weighted by molar-refractivity contribution is 5.59. The largest absolute Gasteiger partial charge is 0.416 e. The molecule has 0 aromatic heterocycles. The average molecular weight is 284 g/mol. The summed E-state index contributed by atoms with van der Waals surface area (Å²) in [7, 11) is 0. The lowest BCUT2D eigenvalue weighted by Gasteiger charge is -2.30. The average Bonchev–Trinajstić information content (AvgIpc) is 2.34. The molecule has 0 spiro atoms. The Labute approximate surface area is 117 Å². The van der Waals surface area contributed by atoms with Gasteiger partial charge in [-0.2, -0.15) is 18.4 Å². The predicted molar refractivity (Wildman–Crippen MR) is 73.3 cm³/mol. The molecule has 0 saturated carbocycles. The predicted octanol–water partition coefficient (Wildman–Crippen LogP) is 4.67. The SMILES string of the molecule is CC(C)C(C)(C)CNc1ccc(C(F)(F)F)cc1C#N. The monoisotopic (exact) mass is 284 g/mol. The fourth-order valence-electron chi connectivity index (χ4n) is 1.49. The van der Waals surface area contributed by atoms with E-state index >= 15 is 0 Å². The molecule has 0 bridgehead atoms. The number of nitrogens with one attached hydrogen (secondary N) is 1. The first kappa shape index (κ1) is 16.4. The Morgan fingerprint density at radius 1 is 1.25 bits per heavy atom. The van der Waals surface area contributed by atoms with Crippen LogP contribution < -0.4 is 5.32 Å². The Bertz CT molecular complexity index is 511. The summed E-state index contributed by atoms with van der Waals surface area (Å²) in [5.74, 6) is 0.412. The molecule has 0 aliphatic rings. The van der Waals surface area contributed by atoms with Gasteiger partial charge in [-0.05, 0) is 29.5 Å². The number of benzene rings is 1. The van der Waals surface area contributed by atoms with Gasteiger partial charge in [-0.1, -0.05) is 27.7 Å². The number of nitrogens with zero attached hydrogens (tertiary/aromatic N) is 1. The van der Waals surface area contributed by atoms with E-state index in [2.05, 4.69) is 33.0 Å². The molecule has 0 fully saturated rings. The Hall–Kier alpha value is -1.70. The highest BCUT2D eigenvalue weighted by Gasteiger charge is 2.31. The van der Waals surface area contributed by atoms with Gasteiger partial charge in [-0.3, -0.25) is 0 Å². The van der Waals surface area contributed by atoms with Crippen LogP contribution in [0.2, 0.25) is 0 Å². The van der Waals surface area contributed by atoms with Crippen LogP contribution in [0.1, 0.15) is 38.8 Å². The van der Waals surface area contributed by atoms with Crippen LogP contribution in [0.15, 0.2) is 18.2 Å². The molecule has 1 rings (SSSR count). The molecule has 1 aromatic rings. The second-order valence-electron chi connectivity index (χ2n) is 5.87. The Balaban J connectivity index is 2.96. The molecule has 20 heavy (non-hydrogen) atoms. The van der Waals surface area contributed by atoms with Crippen molar-refractivity contribution in [2.75, 3.05) is 11.9 Å². The van der Waals surface area contributed by atoms with Crippen molar-refractivity contribution < 1.29 is 13.2 Å². The number of anilines is 1. The molecule has 0 saturated heterocycles. The van der Waals surface area contributed by atoms with Gasteiger partial charge in [0.15, 0.2) is 0 Å². The van der Waals surface area contributed by atoms with E-state index in [1.165, 1.54) is 6.07 Å². The van der Waals surface area contributed by atoms with Gasteiger partial charge in [0.25, 0.3) is 0 Å². The second-order valence-corrected chi connectivity index (χ2v) is 5.87. The summed E-state index contributed by atoms with van der Waals surface area (Å²) < 4.78 is 37.8. The van der Waals surface area contributed by atoms with E-state index in [0.717, 1.165) is 12.1 Å². The lowest BCUT2D eigenvalue weighted by atomic mass is 9.81. The molecule has 1 N–H and O–H groups in total. The highest BCUT2D eigenvalue weighted by Crippen LogP contribution is 2.32. The van der Waals surface area contributed by atoms with Crippen LogP contribution in [0, 0.1) is 22.7 Å². The van der Waals surface area contributed by atoms with Gasteiger partial charge in [-0.15, -0.1) is 0 Å². The molecule has 2 nitrogen and oxygen atoms in total. The van der Waals surface area contributed by atoms with Crippen molar-refractivity contribution in [1.82, 2.24) is 0 Å². The minimum absolute atomic E-state index is 0.0133. The van der Waals surface area contributed by atoms with Gasteiger partial charge in [0, 0.05) is 6.54 Å². The standard InChI is InChI=1S/C15H19F3N2/c1-10(2)14(3,4)9-20-13-6-5-12(15(16,17)18)7-11(13)8-19/h5-7,10,20H,9H2,1-4H3. The maximum atomic E-state index is 12.6. The van der Waals surface area contributed by atoms with Crippen molar-refractivity contribution >= 4 is 5.69 Å². The van der Waals surface area contributed by atoms with Crippen molar-refractivity contribution in [2.24, 2.45) is 11.3 Å². The summed E-state index contributed by atoms with van der Waals surface area (Å²) in [6, 6.07) is 5.00. The fourth-order valence-corrected chi connectivity index (χ4v) is 1.49. The van der Waals surface area contributed by atoms with Crippen molar-refractivity contribution in [1.29, 1.82) is 5.26 Å². The van der Waals surface area contributed by atoms with Crippen LogP contribution in [-0.2, 0) is 6.18 Å². The van der Waals surface area contributed by atoms with Crippen molar-refractivity contribution in [2.45, 2.75) is 33.9 Å². The summed E-state index contributed by atoms with van der Waals surface area (Å²) in [4.78, 5) is 0. The zero-order valence-electron chi connectivity index (χ0n) is 12.1. The molecule has 0 aliphatic carbocycles. The first-order valence-electron chi connectivity index (χ1n) is 6.43. The molecular formula is C15H19F3N2. The molecule has 0 aliphatic heterocycles. The topological polar surface area (TPSA) is 35.8 Å². The molecule has 0 heterocycles. The summed E-state index contributed by atoms with van der Waals surface area (Å²) in [6.45, 7) is 8.89. The van der Waals surface area contributed by atoms with E-state index in [0.29, 0.717) is 18.2 Å². The number of alkyl halides is 3. The second kappa shape index (κ2) is 5.74. The quantitative estimate of drug-likeness (QED) is 0.872. The van der Waals surface area contributed by atoms with Crippen molar-refractivity contribution in [3.05, 3.63) is 29.3 Å². The molecule has 110 valence electrons. The maximum Gasteiger partial charge on any atom is 0.416 e. The Kier molecular flexibility index (Phi) is 4.69. The van der Waals surface area contributed by atoms with Gasteiger partial charge >= 0.3 is 6.18 Å². The lowest BCUT2D eigenvalue weighted by Crippen LogP contribution is -2.28. The Morgan fingerprint density at radius 2 is 1.85 bits per heavy atom. The molecule has 0 amide bonds. The molecule has 0 radical (unpaired) electrons. The van der Waals surface area contributed by atoms with Crippen molar-refractivity contribution in [3.63, 3.8) is 0 Å². The van der Waals surface area contributed by atoms with Crippen LogP contribution >= 0.6 is 0 Å². The zero-order chi connectivity index (χ0) is 15.6. The fraction of sp³-hybridized carbons (Fsp3) is 0.533. The van der Waals surface area contributed by atoms with Crippen molar-refractivity contribution in [3.8, 4) is 6.07 Å². The first-order valence-corrected chi connectivity index (χ1v) is 6.43. The molecule has 0 unspecified atom stereocenters. The van der Waals surface area contributed by atoms with Crippen LogP contribution in [0.25, 0.3) is 0 Å². The van der Waals surface area contributed by atoms with Gasteiger partial charge in [0.1, 0.15) is 6.07 Å². The molecule has 5 heteroatoms. The van der Waals surface area contributed by atoms with E-state index in [1.807, 2.05) is 6.07 Å². The van der Waals surface area contributed by atoms with Crippen LogP contribution in [-0.4, -0.2) is 6.54 Å². The summed E-state index contributed by atoms with van der Waals surface area (Å²) in [5, 5.41) is 12.1. The normalized spacial score (nSPS) is 12.3. The van der Waals surface area contributed by atoms with E-state index in [4.69, 9.17) is 5.26 Å². The maximum absolute atomic E-state index is 12.6. The van der Waals surface area contributed by atoms with Crippen LogP contribution in [0.4, 0.5) is 18.9 Å². The lowest BCUT2D eigenvalue weighted by molar-refractivity contribution is -0.137. The highest BCUT2D eigenvalue weighted by atomic mass is 19.4. The number of hydrogen-bond donors (Lipinski definition) is 1. The molecule has 1 aromatic carbocycles. The summed E-state index contributed by atoms with van der Waals surface area (Å²) in [6.07, 6.45) is -4.43. The summed E-state index contributed by atoms with van der Waals surface area (Å²) >= 11 is 0. The van der Waals surface area contributed by atoms with E-state index in [9.17, 15) is 13.2 Å². The smallest absolute Gasteiger partial charge is 0.383 e. The third-order valence-electron chi connectivity index (χ3n) is 3.76. The number of rotatable bonds is 4. The van der Waals surface area contributed by atoms with Crippen LogP contribution in [0.5, 0.6) is 0 Å². The number of nitriles is 1. The van der Waals surface area contributed by atoms with Gasteiger partial charge in [0.05, 0.1) is 16.8 Å². The number of halogens is 3. The first-order chi connectivity index (χ1) is 9.08. The summed E-state index contributed by atoms with van der Waals surface area (Å²) in [5.41, 5.74) is -0.369. The number of hydrogen-bond acceptors (Lipinski definition) is 2.